The molecule has 3 atom stereocenters. The van der Waals surface area contributed by atoms with E-state index in [-0.39, 0.29) is 12.8 Å². The van der Waals surface area contributed by atoms with E-state index in [1.807, 2.05) is 0 Å². The van der Waals surface area contributed by atoms with Gasteiger partial charge in [-0.1, -0.05) is 0 Å². The van der Waals surface area contributed by atoms with Crippen molar-refractivity contribution in [3.63, 3.8) is 0 Å². The van der Waals surface area contributed by atoms with Crippen LogP contribution in [0.4, 0.5) is 9.59 Å². The molecule has 1 aliphatic rings. The summed E-state index contributed by atoms with van der Waals surface area (Å²) in [6.07, 6.45) is 0.358. The maximum Gasteiger partial charge on any atom is 0.430 e. The lowest BCUT2D eigenvalue weighted by Crippen LogP contribution is -2.57. The predicted molar refractivity (Wildman–Crippen MR) is 123 cm³/mol. The van der Waals surface area contributed by atoms with Gasteiger partial charge >= 0.3 is 18.2 Å². The number of nitrogens with one attached hydrogen (secondary N) is 2. The molecule has 34 heavy (non-hydrogen) atoms. The summed E-state index contributed by atoms with van der Waals surface area (Å²) < 4.78 is 15.5. The minimum absolute atomic E-state index is 0.162. The van der Waals surface area contributed by atoms with E-state index in [0.717, 1.165) is 5.01 Å². The molecule has 0 bridgehead atoms. The number of aliphatic hydroxyl groups excluding tert-OH is 1. The van der Waals surface area contributed by atoms with Crippen molar-refractivity contribution in [1.29, 1.82) is 0 Å². The highest BCUT2D eigenvalue weighted by Gasteiger charge is 2.37. The first kappa shape index (κ1) is 29.5. The molecule has 1 aliphatic carbocycles. The van der Waals surface area contributed by atoms with Gasteiger partial charge in [0.15, 0.2) is 6.04 Å². The zero-order valence-electron chi connectivity index (χ0n) is 21.4. The molecular formula is C23H41N3O8. The van der Waals surface area contributed by atoms with Crippen molar-refractivity contribution in [3.8, 4) is 0 Å². The number of alkyl carbamates (subject to hydrolysis) is 1. The number of aliphatic hydroxyl groups is 1. The number of unbranched alkanes of at least 4 members (excludes halogenated alkanes) is 1. The fraction of sp³-hybridized carbons (Fsp3) is 0.826. The van der Waals surface area contributed by atoms with E-state index in [1.54, 1.807) is 41.5 Å². The third-order valence-corrected chi connectivity index (χ3v) is 4.95. The van der Waals surface area contributed by atoms with Crippen molar-refractivity contribution in [2.24, 2.45) is 5.92 Å². The van der Waals surface area contributed by atoms with Crippen molar-refractivity contribution in [2.45, 2.75) is 103 Å². The molecule has 0 heterocycles. The van der Waals surface area contributed by atoms with Crippen LogP contribution < -0.4 is 10.7 Å². The van der Waals surface area contributed by atoms with Crippen LogP contribution in [0.25, 0.3) is 0 Å². The Morgan fingerprint density at radius 3 is 2.12 bits per heavy atom. The molecule has 3 amide bonds. The molecule has 1 saturated carbocycles. The zero-order valence-corrected chi connectivity index (χ0v) is 21.4. The number of methoxy groups -OCH3 is 1. The summed E-state index contributed by atoms with van der Waals surface area (Å²) in [5.41, 5.74) is 1.05. The van der Waals surface area contributed by atoms with Crippen LogP contribution in [0.15, 0.2) is 0 Å². The Morgan fingerprint density at radius 2 is 1.62 bits per heavy atom. The summed E-state index contributed by atoms with van der Waals surface area (Å²) in [6.45, 7) is 10.6. The summed E-state index contributed by atoms with van der Waals surface area (Å²) in [7, 11) is 1.20. The molecule has 1 fully saturated rings. The average molecular weight is 488 g/mol. The number of carbonyl (C=O) groups excluding carboxylic acids is 4. The molecule has 11 nitrogen and oxygen atoms in total. The number of rotatable bonds is 8. The van der Waals surface area contributed by atoms with Gasteiger partial charge in [-0.15, -0.1) is 0 Å². The molecular weight excluding hydrogens is 446 g/mol. The minimum Gasteiger partial charge on any atom is -0.467 e. The molecule has 0 radical (unpaired) electrons. The van der Waals surface area contributed by atoms with Crippen LogP contribution in [0.3, 0.4) is 0 Å². The number of ether oxygens (including phenoxy) is 3. The molecule has 0 aliphatic heterocycles. The third-order valence-electron chi connectivity index (χ3n) is 4.95. The lowest BCUT2D eigenvalue weighted by Gasteiger charge is -2.32. The molecule has 0 spiro atoms. The Balaban J connectivity index is 2.84. The molecule has 1 rings (SSSR count). The maximum absolute atomic E-state index is 12.9. The Labute approximate surface area is 201 Å². The molecule has 0 saturated heterocycles. The fourth-order valence-electron chi connectivity index (χ4n) is 3.42. The van der Waals surface area contributed by atoms with Gasteiger partial charge in [-0.05, 0) is 80.1 Å². The van der Waals surface area contributed by atoms with E-state index in [0.29, 0.717) is 32.2 Å². The molecule has 11 heteroatoms. The van der Waals surface area contributed by atoms with Crippen molar-refractivity contribution in [1.82, 2.24) is 15.8 Å². The van der Waals surface area contributed by atoms with Crippen LogP contribution in [0, 0.1) is 5.92 Å². The smallest absolute Gasteiger partial charge is 0.430 e. The zero-order chi connectivity index (χ0) is 26.1. The Kier molecular flexibility index (Phi) is 11.1. The van der Waals surface area contributed by atoms with Gasteiger partial charge in [0.25, 0.3) is 0 Å². The van der Waals surface area contributed by atoms with E-state index in [1.165, 1.54) is 7.11 Å². The Hall–Kier alpha value is -2.56. The predicted octanol–water partition coefficient (Wildman–Crippen LogP) is 2.65. The molecule has 0 aromatic carbocycles. The quantitative estimate of drug-likeness (QED) is 0.205. The lowest BCUT2D eigenvalue weighted by molar-refractivity contribution is -0.150. The number of esters is 1. The molecule has 0 aromatic rings. The van der Waals surface area contributed by atoms with E-state index < -0.39 is 53.3 Å². The number of hydrogen-bond donors (Lipinski definition) is 3. The van der Waals surface area contributed by atoms with Crippen LogP contribution in [0.2, 0.25) is 0 Å². The van der Waals surface area contributed by atoms with Crippen LogP contribution in [-0.4, -0.2) is 71.2 Å². The van der Waals surface area contributed by atoms with E-state index >= 15 is 0 Å². The number of hydrogen-bond acceptors (Lipinski definition) is 8. The van der Waals surface area contributed by atoms with Gasteiger partial charge in [0.2, 0.25) is 5.91 Å². The van der Waals surface area contributed by atoms with Crippen LogP contribution >= 0.6 is 0 Å². The number of hydrazine groups is 1. The van der Waals surface area contributed by atoms with Crippen LogP contribution in [0.1, 0.15) is 80.1 Å². The van der Waals surface area contributed by atoms with Gasteiger partial charge in [0.05, 0.1) is 13.2 Å². The molecule has 3 N–H and O–H groups in total. The van der Waals surface area contributed by atoms with Crippen LogP contribution in [0.5, 0.6) is 0 Å². The SMILES string of the molecule is COC(=O)[C@H](CCCCNC(=O)OC(C)(C)C)N(NC(=O)C1CCC(O)C1)C(=O)OC(C)(C)C. The Morgan fingerprint density at radius 1 is 1.00 bits per heavy atom. The second-order valence-corrected chi connectivity index (χ2v) is 10.5. The summed E-state index contributed by atoms with van der Waals surface area (Å²) in [5, 5.41) is 13.3. The first-order valence-corrected chi connectivity index (χ1v) is 11.7. The average Bonchev–Trinajstić information content (AvgIpc) is 3.12. The second kappa shape index (κ2) is 12.8. The number of nitrogens with zero attached hydrogens (tertiary/aromatic N) is 1. The van der Waals surface area contributed by atoms with Gasteiger partial charge in [-0.3, -0.25) is 10.2 Å². The summed E-state index contributed by atoms with van der Waals surface area (Å²) in [6, 6.07) is -1.13. The van der Waals surface area contributed by atoms with E-state index in [2.05, 4.69) is 10.7 Å². The van der Waals surface area contributed by atoms with E-state index in [4.69, 9.17) is 14.2 Å². The fourth-order valence-corrected chi connectivity index (χ4v) is 3.42. The van der Waals surface area contributed by atoms with Gasteiger partial charge in [0, 0.05) is 12.5 Å². The van der Waals surface area contributed by atoms with Crippen molar-refractivity contribution < 1.29 is 38.5 Å². The van der Waals surface area contributed by atoms with Gasteiger partial charge < -0.3 is 24.6 Å². The highest BCUT2D eigenvalue weighted by molar-refractivity contribution is 5.85. The van der Waals surface area contributed by atoms with E-state index in [9.17, 15) is 24.3 Å². The van der Waals surface area contributed by atoms with Crippen molar-refractivity contribution >= 4 is 24.1 Å². The standard InChI is InChI=1S/C23H41N3O8/c1-22(2,3)33-20(30)24-13-9-8-10-17(19(29)32-7)26(21(31)34-23(4,5)6)25-18(28)15-11-12-16(27)14-15/h15-17,27H,8-14H2,1-7H3,(H,24,30)(H,25,28)/t15?,16?,17-/m0/s1. The lowest BCUT2D eigenvalue weighted by atomic mass is 10.1. The normalized spacial score (nSPS) is 19.1. The third kappa shape index (κ3) is 11.0. The first-order chi connectivity index (χ1) is 15.6. The topological polar surface area (TPSA) is 144 Å². The molecule has 2 unspecified atom stereocenters. The highest BCUT2D eigenvalue weighted by atomic mass is 16.6. The van der Waals surface area contributed by atoms with Crippen LogP contribution in [-0.2, 0) is 23.8 Å². The largest absolute Gasteiger partial charge is 0.467 e. The number of amides is 3. The van der Waals surface area contributed by atoms with Gasteiger partial charge in [-0.25, -0.2) is 19.4 Å². The van der Waals surface area contributed by atoms with Crippen molar-refractivity contribution in [3.05, 3.63) is 0 Å². The van der Waals surface area contributed by atoms with Gasteiger partial charge in [-0.2, -0.15) is 0 Å². The summed E-state index contributed by atoms with van der Waals surface area (Å²) in [4.78, 5) is 50.0. The van der Waals surface area contributed by atoms with Gasteiger partial charge in [0.1, 0.15) is 11.2 Å². The maximum atomic E-state index is 12.9. The molecule has 196 valence electrons. The highest BCUT2D eigenvalue weighted by Crippen LogP contribution is 2.26. The minimum atomic E-state index is -1.13. The summed E-state index contributed by atoms with van der Waals surface area (Å²) in [5.74, 6) is -1.66. The van der Waals surface area contributed by atoms with Crippen molar-refractivity contribution in [2.75, 3.05) is 13.7 Å². The second-order valence-electron chi connectivity index (χ2n) is 10.5. The number of carbonyl (C=O) groups is 4. The first-order valence-electron chi connectivity index (χ1n) is 11.7. The monoisotopic (exact) mass is 487 g/mol. The summed E-state index contributed by atoms with van der Waals surface area (Å²) >= 11 is 0. The Bertz CT molecular complexity index is 714. The molecule has 0 aromatic heterocycles.